The Labute approximate surface area is 110 Å². The highest BCUT2D eigenvalue weighted by molar-refractivity contribution is 9.09. The number of sulfonamides is 1. The molecule has 96 valence electrons. The molecule has 5 nitrogen and oxygen atoms in total. The van der Waals surface area contributed by atoms with Crippen molar-refractivity contribution in [2.75, 3.05) is 24.2 Å². The largest absolute Gasteiger partial charge is 0.492 e. The zero-order valence-corrected chi connectivity index (χ0v) is 11.8. The smallest absolute Gasteiger partial charge is 0.240 e. The number of benzene rings is 1. The fourth-order valence-corrected chi connectivity index (χ4v) is 2.76. The molecule has 0 saturated heterocycles. The number of ether oxygens (including phenoxy) is 1. The quantitative estimate of drug-likeness (QED) is 0.611. The molecule has 0 aliphatic rings. The molecule has 7 heteroatoms. The Hall–Kier alpha value is -0.790. The molecule has 0 unspecified atom stereocenters. The van der Waals surface area contributed by atoms with Crippen molar-refractivity contribution in [2.24, 2.45) is 0 Å². The van der Waals surface area contributed by atoms with Crippen molar-refractivity contribution in [3.05, 3.63) is 18.2 Å². The van der Waals surface area contributed by atoms with Crippen molar-refractivity contribution in [2.45, 2.75) is 11.8 Å². The maximum Gasteiger partial charge on any atom is 0.240 e. The molecule has 0 aliphatic heterocycles. The van der Waals surface area contributed by atoms with Gasteiger partial charge in [0.25, 0.3) is 0 Å². The zero-order chi connectivity index (χ0) is 12.9. The van der Waals surface area contributed by atoms with Crippen molar-refractivity contribution in [3.8, 4) is 5.75 Å². The van der Waals surface area contributed by atoms with Crippen LogP contribution in [-0.2, 0) is 10.0 Å². The Morgan fingerprint density at radius 3 is 2.71 bits per heavy atom. The van der Waals surface area contributed by atoms with Crippen LogP contribution in [0.15, 0.2) is 23.1 Å². The predicted octanol–water partition coefficient (Wildman–Crippen LogP) is 1.34. The summed E-state index contributed by atoms with van der Waals surface area (Å²) in [5.41, 5.74) is 6.02. The molecule has 1 rings (SSSR count). The second kappa shape index (κ2) is 6.23. The molecule has 17 heavy (non-hydrogen) atoms. The van der Waals surface area contributed by atoms with Gasteiger partial charge in [0.1, 0.15) is 5.75 Å². The first-order valence-corrected chi connectivity index (χ1v) is 7.69. The fourth-order valence-electron chi connectivity index (χ4n) is 1.24. The number of hydrogen-bond donors (Lipinski definition) is 2. The summed E-state index contributed by atoms with van der Waals surface area (Å²) >= 11 is 3.15. The molecule has 0 atom stereocenters. The zero-order valence-electron chi connectivity index (χ0n) is 9.44. The maximum atomic E-state index is 11.8. The van der Waals surface area contributed by atoms with Gasteiger partial charge in [-0.3, -0.25) is 0 Å². The lowest BCUT2D eigenvalue weighted by Crippen LogP contribution is -2.25. The van der Waals surface area contributed by atoms with E-state index in [1.807, 2.05) is 6.92 Å². The minimum absolute atomic E-state index is 0.138. The van der Waals surface area contributed by atoms with E-state index in [0.29, 0.717) is 29.9 Å². The minimum atomic E-state index is -3.49. The third kappa shape index (κ3) is 3.86. The van der Waals surface area contributed by atoms with Gasteiger partial charge in [-0.1, -0.05) is 15.9 Å². The topological polar surface area (TPSA) is 81.4 Å². The summed E-state index contributed by atoms with van der Waals surface area (Å²) in [7, 11) is -3.49. The standard InChI is InChI=1S/C10H15BrN2O3S/c1-2-16-10-4-3-8(7-9(10)12)17(14,15)13-6-5-11/h3-4,7,13H,2,5-6,12H2,1H3. The first-order valence-electron chi connectivity index (χ1n) is 5.09. The van der Waals surface area contributed by atoms with Gasteiger partial charge in [0, 0.05) is 11.9 Å². The van der Waals surface area contributed by atoms with Gasteiger partial charge in [-0.15, -0.1) is 0 Å². The molecule has 0 bridgehead atoms. The SMILES string of the molecule is CCOc1ccc(S(=O)(=O)NCCBr)cc1N. The van der Waals surface area contributed by atoms with Crippen molar-refractivity contribution in [1.82, 2.24) is 4.72 Å². The lowest BCUT2D eigenvalue weighted by Gasteiger charge is -2.09. The van der Waals surface area contributed by atoms with Crippen LogP contribution in [0.2, 0.25) is 0 Å². The summed E-state index contributed by atoms with van der Waals surface area (Å²) in [4.78, 5) is 0.138. The number of nitrogens with one attached hydrogen (secondary N) is 1. The highest BCUT2D eigenvalue weighted by atomic mass is 79.9. The van der Waals surface area contributed by atoms with E-state index in [2.05, 4.69) is 20.7 Å². The molecular weight excluding hydrogens is 308 g/mol. The highest BCUT2D eigenvalue weighted by Gasteiger charge is 2.14. The Balaban J connectivity index is 2.96. The van der Waals surface area contributed by atoms with E-state index in [-0.39, 0.29) is 4.90 Å². The number of rotatable bonds is 6. The van der Waals surface area contributed by atoms with E-state index in [4.69, 9.17) is 10.5 Å². The number of halogens is 1. The molecule has 1 aromatic carbocycles. The van der Waals surface area contributed by atoms with Crippen LogP contribution < -0.4 is 15.2 Å². The number of nitrogens with two attached hydrogens (primary N) is 1. The van der Waals surface area contributed by atoms with Gasteiger partial charge >= 0.3 is 0 Å². The molecule has 0 spiro atoms. The maximum absolute atomic E-state index is 11.8. The molecule has 0 saturated carbocycles. The van der Waals surface area contributed by atoms with E-state index in [9.17, 15) is 8.42 Å². The first kappa shape index (κ1) is 14.3. The fraction of sp³-hybridized carbons (Fsp3) is 0.400. The van der Waals surface area contributed by atoms with Crippen molar-refractivity contribution in [3.63, 3.8) is 0 Å². The molecule has 0 aliphatic carbocycles. The summed E-state index contributed by atoms with van der Waals surface area (Å²) in [5, 5.41) is 0.554. The summed E-state index contributed by atoms with van der Waals surface area (Å²) in [6, 6.07) is 4.42. The number of nitrogen functional groups attached to an aromatic ring is 1. The second-order valence-electron chi connectivity index (χ2n) is 3.22. The third-order valence-corrected chi connectivity index (χ3v) is 3.83. The lowest BCUT2D eigenvalue weighted by atomic mass is 10.3. The monoisotopic (exact) mass is 322 g/mol. The van der Waals surface area contributed by atoms with Gasteiger partial charge in [-0.05, 0) is 25.1 Å². The van der Waals surface area contributed by atoms with Gasteiger partial charge in [0.15, 0.2) is 0 Å². The molecule has 1 aromatic rings. The summed E-state index contributed by atoms with van der Waals surface area (Å²) < 4.78 is 31.2. The van der Waals surface area contributed by atoms with E-state index in [0.717, 1.165) is 0 Å². The number of hydrogen-bond acceptors (Lipinski definition) is 4. The molecular formula is C10H15BrN2O3S. The Kier molecular flexibility index (Phi) is 5.23. The molecule has 0 aromatic heterocycles. The average molecular weight is 323 g/mol. The summed E-state index contributed by atoms with van der Waals surface area (Å²) in [5.74, 6) is 0.493. The van der Waals surface area contributed by atoms with Crippen LogP contribution in [0, 0.1) is 0 Å². The summed E-state index contributed by atoms with van der Waals surface area (Å²) in [6.07, 6.45) is 0. The van der Waals surface area contributed by atoms with Crippen molar-refractivity contribution >= 4 is 31.6 Å². The molecule has 0 radical (unpaired) electrons. The van der Waals surface area contributed by atoms with Crippen LogP contribution >= 0.6 is 15.9 Å². The van der Waals surface area contributed by atoms with Crippen LogP contribution in [-0.4, -0.2) is 26.9 Å². The van der Waals surface area contributed by atoms with Crippen LogP contribution in [0.1, 0.15) is 6.92 Å². The number of alkyl halides is 1. The first-order chi connectivity index (χ1) is 8.01. The van der Waals surface area contributed by atoms with Crippen molar-refractivity contribution in [1.29, 1.82) is 0 Å². The van der Waals surface area contributed by atoms with Crippen LogP contribution in [0.3, 0.4) is 0 Å². The van der Waals surface area contributed by atoms with E-state index >= 15 is 0 Å². The second-order valence-corrected chi connectivity index (χ2v) is 5.78. The lowest BCUT2D eigenvalue weighted by molar-refractivity contribution is 0.342. The van der Waals surface area contributed by atoms with Crippen molar-refractivity contribution < 1.29 is 13.2 Å². The minimum Gasteiger partial charge on any atom is -0.492 e. The molecule has 0 fully saturated rings. The molecule has 0 heterocycles. The van der Waals surface area contributed by atoms with E-state index < -0.39 is 10.0 Å². The van der Waals surface area contributed by atoms with Gasteiger partial charge < -0.3 is 10.5 Å². The van der Waals surface area contributed by atoms with Crippen LogP contribution in [0.4, 0.5) is 5.69 Å². The number of anilines is 1. The Morgan fingerprint density at radius 1 is 1.47 bits per heavy atom. The van der Waals surface area contributed by atoms with E-state index in [1.165, 1.54) is 12.1 Å². The Morgan fingerprint density at radius 2 is 2.18 bits per heavy atom. The average Bonchev–Trinajstić information content (AvgIpc) is 2.29. The third-order valence-electron chi connectivity index (χ3n) is 1.98. The Bertz CT molecular complexity index is 476. The van der Waals surface area contributed by atoms with Crippen LogP contribution in [0.25, 0.3) is 0 Å². The van der Waals surface area contributed by atoms with E-state index in [1.54, 1.807) is 6.07 Å². The van der Waals surface area contributed by atoms with Gasteiger partial charge in [0.05, 0.1) is 17.2 Å². The summed E-state index contributed by atoms with van der Waals surface area (Å²) in [6.45, 7) is 2.65. The van der Waals surface area contributed by atoms with Gasteiger partial charge in [-0.2, -0.15) is 0 Å². The van der Waals surface area contributed by atoms with Gasteiger partial charge in [-0.25, -0.2) is 13.1 Å². The predicted molar refractivity (Wildman–Crippen MR) is 71.0 cm³/mol. The van der Waals surface area contributed by atoms with Crippen LogP contribution in [0.5, 0.6) is 5.75 Å². The van der Waals surface area contributed by atoms with Gasteiger partial charge in [0.2, 0.25) is 10.0 Å². The molecule has 0 amide bonds. The normalized spacial score (nSPS) is 11.4. The molecule has 3 N–H and O–H groups in total. The highest BCUT2D eigenvalue weighted by Crippen LogP contribution is 2.24.